The molecule has 1 aliphatic rings. The van der Waals surface area contributed by atoms with Gasteiger partial charge in [-0.05, 0) is 49.2 Å². The number of hydrogen-bond acceptors (Lipinski definition) is 3. The Bertz CT molecular complexity index is 774. The van der Waals surface area contributed by atoms with Gasteiger partial charge in [-0.2, -0.15) is 0 Å². The molecule has 27 heavy (non-hydrogen) atoms. The van der Waals surface area contributed by atoms with Crippen LogP contribution < -0.4 is 9.64 Å². The van der Waals surface area contributed by atoms with Gasteiger partial charge in [0, 0.05) is 25.7 Å². The first kappa shape index (κ1) is 19.0. The number of likely N-dealkylation sites (N-methyl/N-ethyl adjacent to an activating group) is 1. The maximum atomic E-state index is 12.8. The van der Waals surface area contributed by atoms with E-state index in [1.165, 1.54) is 0 Å². The molecule has 1 fully saturated rings. The highest BCUT2D eigenvalue weighted by atomic mass is 16.5. The van der Waals surface area contributed by atoms with Crippen molar-refractivity contribution >= 4 is 17.5 Å². The van der Waals surface area contributed by atoms with Crippen molar-refractivity contribution in [2.24, 2.45) is 0 Å². The van der Waals surface area contributed by atoms with E-state index in [1.54, 1.807) is 9.80 Å². The van der Waals surface area contributed by atoms with Crippen molar-refractivity contribution in [3.05, 3.63) is 54.6 Å². The Morgan fingerprint density at radius 3 is 2.44 bits per heavy atom. The van der Waals surface area contributed by atoms with Crippen LogP contribution in [0.3, 0.4) is 0 Å². The number of anilines is 1. The van der Waals surface area contributed by atoms with Crippen LogP contribution in [0, 0.1) is 0 Å². The molecule has 0 radical (unpaired) electrons. The van der Waals surface area contributed by atoms with Gasteiger partial charge in [0.25, 0.3) is 0 Å². The molecule has 3 rings (SSSR count). The van der Waals surface area contributed by atoms with Gasteiger partial charge in [0.2, 0.25) is 11.8 Å². The number of ether oxygens (including phenoxy) is 1. The summed E-state index contributed by atoms with van der Waals surface area (Å²) < 4.78 is 5.80. The average molecular weight is 366 g/mol. The summed E-state index contributed by atoms with van der Waals surface area (Å²) in [5.74, 6) is 1.46. The molecule has 1 heterocycles. The zero-order valence-corrected chi connectivity index (χ0v) is 15.9. The Morgan fingerprint density at radius 1 is 1.11 bits per heavy atom. The maximum Gasteiger partial charge on any atom is 0.245 e. The molecule has 0 aromatic heterocycles. The van der Waals surface area contributed by atoms with Crippen LogP contribution in [0.1, 0.15) is 32.6 Å². The summed E-state index contributed by atoms with van der Waals surface area (Å²) in [6, 6.07) is 16.5. The fourth-order valence-electron chi connectivity index (χ4n) is 3.30. The molecule has 0 N–H and O–H groups in total. The zero-order chi connectivity index (χ0) is 19.2. The molecule has 142 valence electrons. The Labute approximate surface area is 160 Å². The second-order valence-electron chi connectivity index (χ2n) is 6.84. The number of carbonyl (C=O) groups excluding carboxylic acids is 2. The average Bonchev–Trinajstić information content (AvgIpc) is 3.08. The summed E-state index contributed by atoms with van der Waals surface area (Å²) in [7, 11) is 1.82. The monoisotopic (exact) mass is 366 g/mol. The standard InChI is InChI=1S/C22H26N2O3/c1-3-4-16-23(2)22(26)20-14-15-21(25)24(20)17-10-12-19(13-11-17)27-18-8-6-5-7-9-18/h5-13,20H,3-4,14-16H2,1-2H3. The molecule has 5 nitrogen and oxygen atoms in total. The van der Waals surface area contributed by atoms with Crippen LogP contribution in [0.15, 0.2) is 54.6 Å². The van der Waals surface area contributed by atoms with E-state index in [4.69, 9.17) is 4.74 Å². The fourth-order valence-corrected chi connectivity index (χ4v) is 3.30. The van der Waals surface area contributed by atoms with Crippen molar-refractivity contribution in [3.63, 3.8) is 0 Å². The summed E-state index contributed by atoms with van der Waals surface area (Å²) in [5, 5.41) is 0. The van der Waals surface area contributed by atoms with Crippen LogP contribution in [-0.4, -0.2) is 36.3 Å². The third-order valence-corrected chi connectivity index (χ3v) is 4.81. The number of para-hydroxylation sites is 1. The van der Waals surface area contributed by atoms with Crippen LogP contribution in [0.5, 0.6) is 11.5 Å². The molecule has 2 aromatic rings. The first-order valence-corrected chi connectivity index (χ1v) is 9.50. The Morgan fingerprint density at radius 2 is 1.78 bits per heavy atom. The fraction of sp³-hybridized carbons (Fsp3) is 0.364. The van der Waals surface area contributed by atoms with Crippen LogP contribution in [0.2, 0.25) is 0 Å². The summed E-state index contributed by atoms with van der Waals surface area (Å²) in [4.78, 5) is 28.6. The Kier molecular flexibility index (Phi) is 6.12. The first-order valence-electron chi connectivity index (χ1n) is 9.50. The highest BCUT2D eigenvalue weighted by Crippen LogP contribution is 2.30. The van der Waals surface area contributed by atoms with Crippen LogP contribution >= 0.6 is 0 Å². The lowest BCUT2D eigenvalue weighted by molar-refractivity contribution is -0.131. The van der Waals surface area contributed by atoms with Crippen molar-refractivity contribution in [1.82, 2.24) is 4.90 Å². The van der Waals surface area contributed by atoms with E-state index < -0.39 is 6.04 Å². The molecule has 2 amide bonds. The number of rotatable bonds is 7. The molecule has 1 atom stereocenters. The zero-order valence-electron chi connectivity index (χ0n) is 15.9. The predicted molar refractivity (Wildman–Crippen MR) is 106 cm³/mol. The molecule has 0 spiro atoms. The van der Waals surface area contributed by atoms with Gasteiger partial charge in [-0.15, -0.1) is 0 Å². The second kappa shape index (κ2) is 8.71. The van der Waals surface area contributed by atoms with E-state index in [0.717, 1.165) is 30.8 Å². The number of nitrogens with zero attached hydrogens (tertiary/aromatic N) is 2. The molecule has 0 saturated carbocycles. The van der Waals surface area contributed by atoms with Gasteiger partial charge in [0.1, 0.15) is 17.5 Å². The lowest BCUT2D eigenvalue weighted by atomic mass is 10.1. The van der Waals surface area contributed by atoms with Crippen molar-refractivity contribution in [2.75, 3.05) is 18.5 Å². The van der Waals surface area contributed by atoms with Gasteiger partial charge >= 0.3 is 0 Å². The molecule has 5 heteroatoms. The minimum atomic E-state index is -0.416. The lowest BCUT2D eigenvalue weighted by Crippen LogP contribution is -2.45. The van der Waals surface area contributed by atoms with Gasteiger partial charge in [-0.1, -0.05) is 31.5 Å². The first-order chi connectivity index (χ1) is 13.1. The highest BCUT2D eigenvalue weighted by Gasteiger charge is 2.38. The summed E-state index contributed by atoms with van der Waals surface area (Å²) in [5.41, 5.74) is 0.736. The van der Waals surface area contributed by atoms with Gasteiger partial charge in [-0.3, -0.25) is 14.5 Å². The molecular formula is C22H26N2O3. The molecule has 1 saturated heterocycles. The van der Waals surface area contributed by atoms with E-state index in [1.807, 2.05) is 61.6 Å². The van der Waals surface area contributed by atoms with Gasteiger partial charge in [0.15, 0.2) is 0 Å². The minimum Gasteiger partial charge on any atom is -0.457 e. The quantitative estimate of drug-likeness (QED) is 0.737. The Hall–Kier alpha value is -2.82. The number of hydrogen-bond donors (Lipinski definition) is 0. The smallest absolute Gasteiger partial charge is 0.245 e. The largest absolute Gasteiger partial charge is 0.457 e. The summed E-state index contributed by atoms with van der Waals surface area (Å²) >= 11 is 0. The SMILES string of the molecule is CCCCN(C)C(=O)C1CCC(=O)N1c1ccc(Oc2ccccc2)cc1. The minimum absolute atomic E-state index is 0.00558. The number of amides is 2. The van der Waals surface area contributed by atoms with Gasteiger partial charge in [-0.25, -0.2) is 0 Å². The maximum absolute atomic E-state index is 12.8. The number of benzene rings is 2. The normalized spacial score (nSPS) is 16.4. The van der Waals surface area contributed by atoms with E-state index in [0.29, 0.717) is 18.6 Å². The molecule has 1 unspecified atom stereocenters. The predicted octanol–water partition coefficient (Wildman–Crippen LogP) is 4.23. The van der Waals surface area contributed by atoms with Crippen molar-refractivity contribution < 1.29 is 14.3 Å². The van der Waals surface area contributed by atoms with E-state index in [-0.39, 0.29) is 11.8 Å². The second-order valence-corrected chi connectivity index (χ2v) is 6.84. The molecule has 0 aliphatic carbocycles. The molecule has 2 aromatic carbocycles. The lowest BCUT2D eigenvalue weighted by Gasteiger charge is -2.28. The molecule has 0 bridgehead atoms. The Balaban J connectivity index is 1.73. The summed E-state index contributed by atoms with van der Waals surface area (Å²) in [6.07, 6.45) is 2.97. The summed E-state index contributed by atoms with van der Waals surface area (Å²) in [6.45, 7) is 2.82. The van der Waals surface area contributed by atoms with E-state index in [2.05, 4.69) is 6.92 Å². The number of carbonyl (C=O) groups is 2. The highest BCUT2D eigenvalue weighted by molar-refractivity contribution is 6.03. The molecular weight excluding hydrogens is 340 g/mol. The van der Waals surface area contributed by atoms with Gasteiger partial charge in [0.05, 0.1) is 0 Å². The number of unbranched alkanes of at least 4 members (excludes halogenated alkanes) is 1. The third-order valence-electron chi connectivity index (χ3n) is 4.81. The molecule has 1 aliphatic heterocycles. The van der Waals surface area contributed by atoms with E-state index in [9.17, 15) is 9.59 Å². The van der Waals surface area contributed by atoms with Crippen LogP contribution in [0.4, 0.5) is 5.69 Å². The van der Waals surface area contributed by atoms with Crippen molar-refractivity contribution in [1.29, 1.82) is 0 Å². The van der Waals surface area contributed by atoms with Gasteiger partial charge < -0.3 is 9.64 Å². The van der Waals surface area contributed by atoms with Crippen LogP contribution in [-0.2, 0) is 9.59 Å². The van der Waals surface area contributed by atoms with Crippen LogP contribution in [0.25, 0.3) is 0 Å². The van der Waals surface area contributed by atoms with Crippen molar-refractivity contribution in [2.45, 2.75) is 38.6 Å². The third kappa shape index (κ3) is 4.48. The van der Waals surface area contributed by atoms with E-state index >= 15 is 0 Å². The topological polar surface area (TPSA) is 49.9 Å². The van der Waals surface area contributed by atoms with Crippen molar-refractivity contribution in [3.8, 4) is 11.5 Å².